The number of rotatable bonds is 4. The lowest BCUT2D eigenvalue weighted by atomic mass is 9.61. The summed E-state index contributed by atoms with van der Waals surface area (Å²) < 4.78 is 5.65. The van der Waals surface area contributed by atoms with Crippen molar-refractivity contribution >= 4 is 11.9 Å². The fourth-order valence-corrected chi connectivity index (χ4v) is 7.25. The van der Waals surface area contributed by atoms with Crippen molar-refractivity contribution in [2.24, 2.45) is 11.3 Å². The predicted octanol–water partition coefficient (Wildman–Crippen LogP) is 5.10. The molecule has 1 aromatic carbocycles. The average Bonchev–Trinajstić information content (AvgIpc) is 3.21. The average molecular weight is 439 g/mol. The van der Waals surface area contributed by atoms with Gasteiger partial charge in [0.15, 0.2) is 5.54 Å². The van der Waals surface area contributed by atoms with Gasteiger partial charge >= 0.3 is 6.03 Å². The van der Waals surface area contributed by atoms with Crippen LogP contribution < -0.4 is 5.32 Å². The van der Waals surface area contributed by atoms with Gasteiger partial charge in [-0.25, -0.2) is 4.79 Å². The maximum absolute atomic E-state index is 14.1. The number of imide groups is 1. The van der Waals surface area contributed by atoms with Gasteiger partial charge in [0.2, 0.25) is 0 Å². The number of nitrogens with zero attached hydrogens (tertiary/aromatic N) is 1. The maximum atomic E-state index is 14.1. The number of hydrogen-bond acceptors (Lipinski definition) is 3. The van der Waals surface area contributed by atoms with E-state index in [0.29, 0.717) is 0 Å². The standard InChI is InChI=1S/C27H38N2O3/c1-18(2)29-24(30)27(28-25(29)31)23-16-20(15-19-7-5-4-6-8-19)9-10-21(23)17-26(27)13-11-22(32-3)12-14-26/h9-10,16,18-19,22H,4-8,11-15,17H2,1-3H3,(H,28,31). The number of ether oxygens (including phenoxy) is 1. The first kappa shape index (κ1) is 21.9. The Balaban J connectivity index is 1.56. The van der Waals surface area contributed by atoms with E-state index in [1.165, 1.54) is 48.1 Å². The normalized spacial score (nSPS) is 32.9. The molecule has 5 rings (SSSR count). The van der Waals surface area contributed by atoms with Crippen LogP contribution in [0.2, 0.25) is 0 Å². The largest absolute Gasteiger partial charge is 0.381 e. The third-order valence-electron chi connectivity index (χ3n) is 8.94. The molecule has 5 heteroatoms. The highest BCUT2D eigenvalue weighted by atomic mass is 16.5. The van der Waals surface area contributed by atoms with Gasteiger partial charge < -0.3 is 10.1 Å². The number of amides is 3. The van der Waals surface area contributed by atoms with Crippen molar-refractivity contribution in [1.82, 2.24) is 10.2 Å². The summed E-state index contributed by atoms with van der Waals surface area (Å²) in [6, 6.07) is 6.43. The van der Waals surface area contributed by atoms with Crippen molar-refractivity contribution < 1.29 is 14.3 Å². The smallest absolute Gasteiger partial charge is 0.325 e. The Morgan fingerprint density at radius 3 is 2.44 bits per heavy atom. The lowest BCUT2D eigenvalue weighted by Gasteiger charge is -2.46. The molecule has 2 saturated carbocycles. The van der Waals surface area contributed by atoms with Crippen LogP contribution in [0.15, 0.2) is 18.2 Å². The van der Waals surface area contributed by atoms with E-state index in [4.69, 9.17) is 4.74 Å². The summed E-state index contributed by atoms with van der Waals surface area (Å²) in [7, 11) is 1.78. The van der Waals surface area contributed by atoms with Gasteiger partial charge in [0.25, 0.3) is 5.91 Å². The Morgan fingerprint density at radius 1 is 1.09 bits per heavy atom. The van der Waals surface area contributed by atoms with Gasteiger partial charge in [-0.2, -0.15) is 0 Å². The van der Waals surface area contributed by atoms with E-state index >= 15 is 0 Å². The van der Waals surface area contributed by atoms with Crippen LogP contribution in [-0.4, -0.2) is 36.1 Å². The lowest BCUT2D eigenvalue weighted by Crippen LogP contribution is -2.57. The Kier molecular flexibility index (Phi) is 5.59. The highest BCUT2D eigenvalue weighted by molar-refractivity contribution is 6.09. The molecule has 1 N–H and O–H groups in total. The van der Waals surface area contributed by atoms with Gasteiger partial charge in [-0.05, 0) is 75.0 Å². The van der Waals surface area contributed by atoms with Crippen LogP contribution in [0.1, 0.15) is 88.3 Å². The van der Waals surface area contributed by atoms with Crippen molar-refractivity contribution in [3.05, 3.63) is 34.9 Å². The first-order valence-electron chi connectivity index (χ1n) is 12.7. The first-order valence-corrected chi connectivity index (χ1v) is 12.7. The van der Waals surface area contributed by atoms with Crippen LogP contribution in [0.3, 0.4) is 0 Å². The molecule has 1 aromatic rings. The molecule has 0 radical (unpaired) electrons. The Bertz CT molecular complexity index is 896. The predicted molar refractivity (Wildman–Crippen MR) is 124 cm³/mol. The summed E-state index contributed by atoms with van der Waals surface area (Å²) in [5, 5.41) is 3.29. The summed E-state index contributed by atoms with van der Waals surface area (Å²) in [4.78, 5) is 28.7. The highest BCUT2D eigenvalue weighted by Gasteiger charge is 2.68. The summed E-state index contributed by atoms with van der Waals surface area (Å²) in [6.07, 6.45) is 12.5. The van der Waals surface area contributed by atoms with Gasteiger partial charge in [-0.15, -0.1) is 0 Å². The third kappa shape index (κ3) is 3.22. The van der Waals surface area contributed by atoms with Gasteiger partial charge in [-0.3, -0.25) is 9.69 Å². The quantitative estimate of drug-likeness (QED) is 0.666. The van der Waals surface area contributed by atoms with Crippen LogP contribution in [0.5, 0.6) is 0 Å². The first-order chi connectivity index (χ1) is 15.4. The van der Waals surface area contributed by atoms with Crippen LogP contribution in [0.25, 0.3) is 0 Å². The van der Waals surface area contributed by atoms with Crippen LogP contribution in [0, 0.1) is 11.3 Å². The molecule has 2 spiro atoms. The van der Waals surface area contributed by atoms with Crippen molar-refractivity contribution in [2.45, 2.75) is 102 Å². The number of methoxy groups -OCH3 is 1. The molecule has 1 saturated heterocycles. The van der Waals surface area contributed by atoms with Gasteiger partial charge in [-0.1, -0.05) is 50.3 Å². The Morgan fingerprint density at radius 2 is 1.81 bits per heavy atom. The highest BCUT2D eigenvalue weighted by Crippen LogP contribution is 2.60. The fourth-order valence-electron chi connectivity index (χ4n) is 7.25. The van der Waals surface area contributed by atoms with Crippen LogP contribution in [0.4, 0.5) is 4.79 Å². The topological polar surface area (TPSA) is 58.6 Å². The number of fused-ring (bicyclic) bond motifs is 3. The minimum Gasteiger partial charge on any atom is -0.381 e. The van der Waals surface area contributed by atoms with Crippen molar-refractivity contribution in [3.63, 3.8) is 0 Å². The zero-order valence-corrected chi connectivity index (χ0v) is 19.9. The van der Waals surface area contributed by atoms with Gasteiger partial charge in [0.1, 0.15) is 0 Å². The monoisotopic (exact) mass is 438 g/mol. The number of carbonyl (C=O) groups excluding carboxylic acids is 2. The van der Waals surface area contributed by atoms with Crippen molar-refractivity contribution in [1.29, 1.82) is 0 Å². The second kappa shape index (κ2) is 8.16. The van der Waals surface area contributed by atoms with Crippen LogP contribution in [-0.2, 0) is 27.9 Å². The molecule has 1 atom stereocenters. The third-order valence-corrected chi connectivity index (χ3v) is 8.94. The molecule has 0 bridgehead atoms. The molecule has 1 heterocycles. The molecule has 174 valence electrons. The lowest BCUT2D eigenvalue weighted by molar-refractivity contribution is -0.139. The van der Waals surface area contributed by atoms with E-state index in [9.17, 15) is 9.59 Å². The molecule has 3 amide bonds. The van der Waals surface area contributed by atoms with E-state index < -0.39 is 5.54 Å². The van der Waals surface area contributed by atoms with Gasteiger partial charge in [0, 0.05) is 18.6 Å². The fraction of sp³-hybridized carbons (Fsp3) is 0.704. The summed E-state index contributed by atoms with van der Waals surface area (Å²) in [5.74, 6) is 0.702. The molecule has 1 aliphatic heterocycles. The van der Waals surface area contributed by atoms with E-state index in [1.54, 1.807) is 7.11 Å². The second-order valence-electron chi connectivity index (χ2n) is 11.0. The number of nitrogens with one attached hydrogen (secondary N) is 1. The minimum atomic E-state index is -0.926. The number of urea groups is 1. The summed E-state index contributed by atoms with van der Waals surface area (Å²) in [6.45, 7) is 3.86. The molecular weight excluding hydrogens is 400 g/mol. The van der Waals surface area contributed by atoms with E-state index in [1.807, 2.05) is 13.8 Å². The number of carbonyl (C=O) groups is 2. The molecule has 0 aromatic heterocycles. The summed E-state index contributed by atoms with van der Waals surface area (Å²) in [5.41, 5.74) is 2.45. The van der Waals surface area contributed by atoms with E-state index in [2.05, 4.69) is 23.5 Å². The van der Waals surface area contributed by atoms with Crippen molar-refractivity contribution in [2.75, 3.05) is 7.11 Å². The van der Waals surface area contributed by atoms with Crippen molar-refractivity contribution in [3.8, 4) is 0 Å². The molecule has 4 aliphatic rings. The van der Waals surface area contributed by atoms with Gasteiger partial charge in [0.05, 0.1) is 6.10 Å². The molecule has 1 unspecified atom stereocenters. The number of benzene rings is 1. The molecule has 32 heavy (non-hydrogen) atoms. The SMILES string of the molecule is COC1CCC2(CC1)Cc1ccc(CC3CCCCC3)cc1C21NC(=O)N(C(C)C)C1=O. The Labute approximate surface area is 192 Å². The van der Waals surface area contributed by atoms with E-state index in [0.717, 1.165) is 50.0 Å². The molecule has 3 aliphatic carbocycles. The minimum absolute atomic E-state index is 0.0399. The maximum Gasteiger partial charge on any atom is 0.325 e. The van der Waals surface area contributed by atoms with Crippen LogP contribution >= 0.6 is 0 Å². The molecular formula is C27H38N2O3. The van der Waals surface area contributed by atoms with E-state index in [-0.39, 0.29) is 29.5 Å². The number of hydrogen-bond donors (Lipinski definition) is 1. The zero-order valence-electron chi connectivity index (χ0n) is 19.9. The Hall–Kier alpha value is -1.88. The summed E-state index contributed by atoms with van der Waals surface area (Å²) >= 11 is 0. The molecule has 5 nitrogen and oxygen atoms in total. The second-order valence-corrected chi connectivity index (χ2v) is 11.0. The zero-order chi connectivity index (χ0) is 22.5. The molecule has 3 fully saturated rings.